The summed E-state index contributed by atoms with van der Waals surface area (Å²) in [7, 11) is 0. The predicted octanol–water partition coefficient (Wildman–Crippen LogP) is 2.50. The van der Waals surface area contributed by atoms with E-state index in [9.17, 15) is 9.90 Å². The zero-order valence-electron chi connectivity index (χ0n) is 9.81. The van der Waals surface area contributed by atoms with Crippen LogP contribution in [0.1, 0.15) is 36.5 Å². The van der Waals surface area contributed by atoms with Crippen LogP contribution in [0.15, 0.2) is 18.2 Å². The fourth-order valence-electron chi connectivity index (χ4n) is 1.84. The Labute approximate surface area is 100 Å². The van der Waals surface area contributed by atoms with Crippen molar-refractivity contribution in [3.05, 3.63) is 23.8 Å². The fraction of sp³-hybridized carbons (Fsp3) is 0.462. The summed E-state index contributed by atoms with van der Waals surface area (Å²) >= 11 is 0. The van der Waals surface area contributed by atoms with Crippen LogP contribution in [0.4, 0.5) is 0 Å². The maximum Gasteiger partial charge on any atom is 0.199 e. The lowest BCUT2D eigenvalue weighted by Gasteiger charge is -2.23. The molecule has 0 bridgehead atoms. The highest BCUT2D eigenvalue weighted by Crippen LogP contribution is 2.26. The lowest BCUT2D eigenvalue weighted by atomic mass is 10.1. The molecule has 0 spiro atoms. The van der Waals surface area contributed by atoms with Crippen molar-refractivity contribution >= 4 is 5.78 Å². The molecular weight excluding hydrogens is 220 g/mol. The lowest BCUT2D eigenvalue weighted by Crippen LogP contribution is -2.24. The highest BCUT2D eigenvalue weighted by Gasteiger charge is 2.16. The third kappa shape index (κ3) is 2.97. The first-order chi connectivity index (χ1) is 8.16. The number of benzene rings is 1. The standard InChI is InChI=1S/C13H16O4/c1-9(14)11-6-5-10(8-12(11)15)17-13-4-2-3-7-16-13/h5-6,8,13,15H,2-4,7H2,1H3/t13-/m0/s1. The molecule has 1 saturated heterocycles. The van der Waals surface area contributed by atoms with Crippen molar-refractivity contribution in [2.75, 3.05) is 6.61 Å². The van der Waals surface area contributed by atoms with Crippen molar-refractivity contribution in [2.45, 2.75) is 32.5 Å². The van der Waals surface area contributed by atoms with Gasteiger partial charge in [0.25, 0.3) is 0 Å². The van der Waals surface area contributed by atoms with E-state index in [1.54, 1.807) is 12.1 Å². The second kappa shape index (κ2) is 5.19. The zero-order valence-corrected chi connectivity index (χ0v) is 9.81. The number of aromatic hydroxyl groups is 1. The van der Waals surface area contributed by atoms with E-state index in [2.05, 4.69) is 0 Å². The summed E-state index contributed by atoms with van der Waals surface area (Å²) in [5, 5.41) is 9.65. The Morgan fingerprint density at radius 2 is 2.29 bits per heavy atom. The van der Waals surface area contributed by atoms with Crippen LogP contribution in [-0.4, -0.2) is 23.8 Å². The van der Waals surface area contributed by atoms with Crippen molar-refractivity contribution in [1.29, 1.82) is 0 Å². The second-order valence-corrected chi connectivity index (χ2v) is 4.15. The van der Waals surface area contributed by atoms with Gasteiger partial charge in [0.15, 0.2) is 12.1 Å². The smallest absolute Gasteiger partial charge is 0.199 e. The van der Waals surface area contributed by atoms with E-state index in [1.165, 1.54) is 13.0 Å². The first-order valence-corrected chi connectivity index (χ1v) is 5.79. The summed E-state index contributed by atoms with van der Waals surface area (Å²) in [6.07, 6.45) is 2.76. The van der Waals surface area contributed by atoms with Gasteiger partial charge in [0.05, 0.1) is 12.2 Å². The maximum atomic E-state index is 11.1. The molecule has 1 aromatic rings. The molecular formula is C13H16O4. The molecule has 0 saturated carbocycles. The average Bonchev–Trinajstić information content (AvgIpc) is 2.30. The monoisotopic (exact) mass is 236 g/mol. The molecule has 1 aliphatic heterocycles. The van der Waals surface area contributed by atoms with E-state index >= 15 is 0 Å². The number of Topliss-reactive ketones (excluding diaryl/α,β-unsaturated/α-hetero) is 1. The molecule has 0 amide bonds. The van der Waals surface area contributed by atoms with Crippen LogP contribution in [0, 0.1) is 0 Å². The predicted molar refractivity (Wildman–Crippen MR) is 62.3 cm³/mol. The molecule has 92 valence electrons. The molecule has 0 aliphatic carbocycles. The third-order valence-electron chi connectivity index (χ3n) is 2.75. The first-order valence-electron chi connectivity index (χ1n) is 5.79. The molecule has 0 aromatic heterocycles. The molecule has 1 heterocycles. The number of rotatable bonds is 3. The van der Waals surface area contributed by atoms with Crippen LogP contribution in [0.2, 0.25) is 0 Å². The highest BCUT2D eigenvalue weighted by molar-refractivity contribution is 5.96. The molecule has 1 N–H and O–H groups in total. The Morgan fingerprint density at radius 3 is 2.88 bits per heavy atom. The van der Waals surface area contributed by atoms with Gasteiger partial charge in [-0.3, -0.25) is 4.79 Å². The van der Waals surface area contributed by atoms with Crippen LogP contribution >= 0.6 is 0 Å². The van der Waals surface area contributed by atoms with Crippen molar-refractivity contribution in [3.8, 4) is 11.5 Å². The number of carbonyl (C=O) groups excluding carboxylic acids is 1. The summed E-state index contributed by atoms with van der Waals surface area (Å²) in [6, 6.07) is 4.69. The van der Waals surface area contributed by atoms with Crippen LogP contribution in [-0.2, 0) is 4.74 Å². The van der Waals surface area contributed by atoms with Crippen molar-refractivity contribution in [1.82, 2.24) is 0 Å². The number of carbonyl (C=O) groups is 1. The fourth-order valence-corrected chi connectivity index (χ4v) is 1.84. The molecule has 1 atom stereocenters. The quantitative estimate of drug-likeness (QED) is 0.819. The molecule has 1 fully saturated rings. The Kier molecular flexibility index (Phi) is 3.64. The van der Waals surface area contributed by atoms with Crippen molar-refractivity contribution < 1.29 is 19.4 Å². The van der Waals surface area contributed by atoms with Gasteiger partial charge in [-0.2, -0.15) is 0 Å². The van der Waals surface area contributed by atoms with Crippen molar-refractivity contribution in [2.24, 2.45) is 0 Å². The van der Waals surface area contributed by atoms with Gasteiger partial charge >= 0.3 is 0 Å². The minimum Gasteiger partial charge on any atom is -0.507 e. The topological polar surface area (TPSA) is 55.8 Å². The number of phenolic OH excluding ortho intramolecular Hbond substituents is 1. The summed E-state index contributed by atoms with van der Waals surface area (Å²) in [5.74, 6) is 0.313. The van der Waals surface area contributed by atoms with Gasteiger partial charge in [-0.15, -0.1) is 0 Å². The number of phenols is 1. The van der Waals surface area contributed by atoms with Gasteiger partial charge < -0.3 is 14.6 Å². The number of ketones is 1. The molecule has 0 radical (unpaired) electrons. The highest BCUT2D eigenvalue weighted by atomic mass is 16.7. The zero-order chi connectivity index (χ0) is 12.3. The molecule has 17 heavy (non-hydrogen) atoms. The molecule has 2 rings (SSSR count). The van der Waals surface area contributed by atoms with E-state index in [0.29, 0.717) is 17.9 Å². The Bertz CT molecular complexity index is 408. The maximum absolute atomic E-state index is 11.1. The molecule has 4 heteroatoms. The largest absolute Gasteiger partial charge is 0.507 e. The van der Waals surface area contributed by atoms with Gasteiger partial charge in [0, 0.05) is 12.5 Å². The van der Waals surface area contributed by atoms with E-state index in [-0.39, 0.29) is 17.8 Å². The van der Waals surface area contributed by atoms with Gasteiger partial charge in [0.2, 0.25) is 0 Å². The van der Waals surface area contributed by atoms with Gasteiger partial charge in [0.1, 0.15) is 11.5 Å². The van der Waals surface area contributed by atoms with Crippen LogP contribution in [0.5, 0.6) is 11.5 Å². The second-order valence-electron chi connectivity index (χ2n) is 4.15. The van der Waals surface area contributed by atoms with Crippen LogP contribution < -0.4 is 4.74 Å². The van der Waals surface area contributed by atoms with Crippen LogP contribution in [0.25, 0.3) is 0 Å². The minimum atomic E-state index is -0.244. The van der Waals surface area contributed by atoms with Crippen LogP contribution in [0.3, 0.4) is 0 Å². The first kappa shape index (κ1) is 11.9. The summed E-state index contributed by atoms with van der Waals surface area (Å²) in [5.41, 5.74) is 0.307. The Hall–Kier alpha value is -1.55. The normalized spacial score (nSPS) is 19.9. The molecule has 1 aliphatic rings. The Morgan fingerprint density at radius 1 is 1.47 bits per heavy atom. The SMILES string of the molecule is CC(=O)c1ccc(O[C@H]2CCCCO2)cc1O. The summed E-state index contributed by atoms with van der Waals surface area (Å²) in [4.78, 5) is 11.1. The minimum absolute atomic E-state index is 0.0502. The summed E-state index contributed by atoms with van der Waals surface area (Å²) in [6.45, 7) is 2.13. The average molecular weight is 236 g/mol. The van der Waals surface area contributed by atoms with E-state index in [1.807, 2.05) is 0 Å². The van der Waals surface area contributed by atoms with Gasteiger partial charge in [-0.25, -0.2) is 0 Å². The van der Waals surface area contributed by atoms with Gasteiger partial charge in [-0.1, -0.05) is 0 Å². The number of hydrogen-bond acceptors (Lipinski definition) is 4. The molecule has 4 nitrogen and oxygen atoms in total. The molecule has 1 aromatic carbocycles. The third-order valence-corrected chi connectivity index (χ3v) is 2.75. The lowest BCUT2D eigenvalue weighted by molar-refractivity contribution is -0.105. The van der Waals surface area contributed by atoms with E-state index in [4.69, 9.17) is 9.47 Å². The Balaban J connectivity index is 2.06. The van der Waals surface area contributed by atoms with E-state index < -0.39 is 0 Å². The molecule has 0 unspecified atom stereocenters. The number of ether oxygens (including phenoxy) is 2. The van der Waals surface area contributed by atoms with Crippen molar-refractivity contribution in [3.63, 3.8) is 0 Å². The number of hydrogen-bond donors (Lipinski definition) is 1. The van der Waals surface area contributed by atoms with E-state index in [0.717, 1.165) is 19.3 Å². The van der Waals surface area contributed by atoms with Gasteiger partial charge in [-0.05, 0) is 31.9 Å². The summed E-state index contributed by atoms with van der Waals surface area (Å²) < 4.78 is 11.0.